The molecule has 166 valence electrons. The molecular weight excluding hydrogens is 433 g/mol. The van der Waals surface area contributed by atoms with Crippen LogP contribution >= 0.6 is 0 Å². The van der Waals surface area contributed by atoms with Gasteiger partial charge in [-0.3, -0.25) is 20.2 Å². The normalized spacial score (nSPS) is 15.7. The Hall–Kier alpha value is -4.80. The van der Waals surface area contributed by atoms with E-state index in [0.717, 1.165) is 0 Å². The molecule has 3 aromatic rings. The van der Waals surface area contributed by atoms with Crippen LogP contribution in [0.1, 0.15) is 5.76 Å². The van der Waals surface area contributed by atoms with Crippen molar-refractivity contribution >= 4 is 35.3 Å². The molecule has 10 nitrogen and oxygen atoms in total. The summed E-state index contributed by atoms with van der Waals surface area (Å²) < 4.78 is 19.4. The van der Waals surface area contributed by atoms with E-state index in [2.05, 4.69) is 15.6 Å². The molecule has 1 fully saturated rings. The van der Waals surface area contributed by atoms with Gasteiger partial charge in [0.05, 0.1) is 16.2 Å². The second-order valence-electron chi connectivity index (χ2n) is 6.86. The van der Waals surface area contributed by atoms with Gasteiger partial charge in [0.1, 0.15) is 23.0 Å². The molecule has 0 aliphatic carbocycles. The van der Waals surface area contributed by atoms with Crippen LogP contribution in [0.3, 0.4) is 0 Å². The molecule has 0 unspecified atom stereocenters. The van der Waals surface area contributed by atoms with E-state index in [0.29, 0.717) is 5.56 Å². The van der Waals surface area contributed by atoms with E-state index in [1.54, 1.807) is 36.4 Å². The van der Waals surface area contributed by atoms with E-state index in [1.165, 1.54) is 42.3 Å². The molecule has 0 spiro atoms. The van der Waals surface area contributed by atoms with E-state index in [1.807, 2.05) is 0 Å². The van der Waals surface area contributed by atoms with Crippen molar-refractivity contribution < 1.29 is 23.3 Å². The zero-order valence-electron chi connectivity index (χ0n) is 17.1. The molecule has 0 bridgehead atoms. The number of furan rings is 1. The number of benzene rings is 2. The molecule has 1 saturated heterocycles. The average Bonchev–Trinajstić information content (AvgIpc) is 3.36. The monoisotopic (exact) mass is 449 g/mol. The number of nitro benzene ring substituents is 1. The molecule has 0 atom stereocenters. The Labute approximate surface area is 186 Å². The van der Waals surface area contributed by atoms with Crippen molar-refractivity contribution in [1.82, 2.24) is 10.2 Å². The van der Waals surface area contributed by atoms with Gasteiger partial charge in [-0.25, -0.2) is 9.18 Å². The minimum absolute atomic E-state index is 0.0484. The van der Waals surface area contributed by atoms with Gasteiger partial charge in [-0.2, -0.15) is 4.99 Å². The first kappa shape index (κ1) is 21.4. The summed E-state index contributed by atoms with van der Waals surface area (Å²) in [6, 6.07) is 14.0. The minimum Gasteiger partial charge on any atom is -0.456 e. The van der Waals surface area contributed by atoms with Crippen LogP contribution < -0.4 is 10.6 Å². The fraction of sp³-hybridized carbons (Fsp3) is 0.0455. The maximum atomic E-state index is 13.7. The highest BCUT2D eigenvalue weighted by Gasteiger charge is 2.29. The lowest BCUT2D eigenvalue weighted by Gasteiger charge is -2.10. The smallest absolute Gasteiger partial charge is 0.348 e. The number of guanidine groups is 1. The third-order valence-corrected chi connectivity index (χ3v) is 4.73. The van der Waals surface area contributed by atoms with E-state index >= 15 is 0 Å². The summed E-state index contributed by atoms with van der Waals surface area (Å²) in [5.74, 6) is -0.711. The number of carbonyl (C=O) groups excluding carboxylic acids is 2. The molecule has 0 saturated carbocycles. The fourth-order valence-corrected chi connectivity index (χ4v) is 3.13. The number of nitro groups is 1. The molecule has 33 heavy (non-hydrogen) atoms. The first-order valence-corrected chi connectivity index (χ1v) is 9.58. The zero-order chi connectivity index (χ0) is 23.5. The maximum absolute atomic E-state index is 13.7. The van der Waals surface area contributed by atoms with Crippen LogP contribution in [0.2, 0.25) is 0 Å². The highest BCUT2D eigenvalue weighted by molar-refractivity contribution is 6.17. The number of aliphatic imine (C=N–C) groups is 1. The van der Waals surface area contributed by atoms with Crippen LogP contribution in [0.25, 0.3) is 17.4 Å². The second-order valence-corrected chi connectivity index (χ2v) is 6.86. The van der Waals surface area contributed by atoms with Crippen molar-refractivity contribution in [2.24, 2.45) is 4.99 Å². The van der Waals surface area contributed by atoms with Crippen molar-refractivity contribution in [2.45, 2.75) is 0 Å². The predicted molar refractivity (Wildman–Crippen MR) is 118 cm³/mol. The van der Waals surface area contributed by atoms with Crippen molar-refractivity contribution in [3.05, 3.63) is 88.1 Å². The summed E-state index contributed by atoms with van der Waals surface area (Å²) in [5.41, 5.74) is 0.254. The van der Waals surface area contributed by atoms with Crippen LogP contribution in [0.4, 0.5) is 20.6 Å². The largest absolute Gasteiger partial charge is 0.456 e. The number of halogens is 1. The Bertz CT molecular complexity index is 1330. The molecule has 1 aliphatic heterocycles. The Morgan fingerprint density at radius 2 is 1.91 bits per heavy atom. The zero-order valence-corrected chi connectivity index (χ0v) is 17.1. The number of carbonyl (C=O) groups is 2. The lowest BCUT2D eigenvalue weighted by Crippen LogP contribution is -2.29. The third-order valence-electron chi connectivity index (χ3n) is 4.73. The number of likely N-dealkylation sites (N-methyl/N-ethyl adjacent to an activating group) is 1. The Kier molecular flexibility index (Phi) is 5.68. The molecule has 2 aromatic carbocycles. The average molecular weight is 449 g/mol. The Morgan fingerprint density at radius 1 is 1.18 bits per heavy atom. The van der Waals surface area contributed by atoms with Gasteiger partial charge in [0.25, 0.3) is 11.6 Å². The molecule has 2 N–H and O–H groups in total. The van der Waals surface area contributed by atoms with Gasteiger partial charge in [-0.1, -0.05) is 24.3 Å². The molecule has 4 rings (SSSR count). The van der Waals surface area contributed by atoms with E-state index in [-0.39, 0.29) is 34.6 Å². The van der Waals surface area contributed by atoms with Crippen LogP contribution in [0, 0.1) is 15.9 Å². The fourth-order valence-electron chi connectivity index (χ4n) is 3.13. The third kappa shape index (κ3) is 4.46. The van der Waals surface area contributed by atoms with Gasteiger partial charge in [0.15, 0.2) is 0 Å². The van der Waals surface area contributed by atoms with Crippen LogP contribution in [-0.2, 0) is 4.79 Å². The molecular formula is C22H16FN5O5. The standard InChI is InChI=1S/C22H16FN5O5/c1-27-18(12-13-10-11-19(33-13)14-6-2-5-9-17(14)28(31)32)20(29)25-21(27)26-22(30)24-16-8-4-3-7-15(16)23/h2-12H,1H3,(H2,24,25,26,29,30)/b18-12-. The quantitative estimate of drug-likeness (QED) is 0.352. The predicted octanol–water partition coefficient (Wildman–Crippen LogP) is 3.98. The minimum atomic E-state index is -0.875. The van der Waals surface area contributed by atoms with Crippen molar-refractivity contribution in [3.63, 3.8) is 0 Å². The molecule has 1 aromatic heterocycles. The molecule has 3 amide bonds. The Balaban J connectivity index is 1.55. The maximum Gasteiger partial charge on any atom is 0.348 e. The second kappa shape index (κ2) is 8.75. The number of nitrogens with zero attached hydrogens (tertiary/aromatic N) is 3. The van der Waals surface area contributed by atoms with Gasteiger partial charge in [0.2, 0.25) is 5.96 Å². The number of para-hydroxylation sites is 2. The number of anilines is 1. The van der Waals surface area contributed by atoms with Gasteiger partial charge in [-0.15, -0.1) is 0 Å². The van der Waals surface area contributed by atoms with Crippen LogP contribution in [0.5, 0.6) is 0 Å². The van der Waals surface area contributed by atoms with Crippen LogP contribution in [-0.4, -0.2) is 34.8 Å². The molecule has 1 aliphatic rings. The molecule has 0 radical (unpaired) electrons. The lowest BCUT2D eigenvalue weighted by molar-refractivity contribution is -0.384. The summed E-state index contributed by atoms with van der Waals surface area (Å²) in [6.45, 7) is 0. The van der Waals surface area contributed by atoms with E-state index in [9.17, 15) is 24.1 Å². The van der Waals surface area contributed by atoms with Crippen molar-refractivity contribution in [2.75, 3.05) is 12.4 Å². The first-order chi connectivity index (χ1) is 15.8. The molecule has 2 heterocycles. The highest BCUT2D eigenvalue weighted by Crippen LogP contribution is 2.31. The first-order valence-electron chi connectivity index (χ1n) is 9.58. The highest BCUT2D eigenvalue weighted by atomic mass is 19.1. The summed E-state index contributed by atoms with van der Waals surface area (Å²) >= 11 is 0. The number of amides is 3. The number of hydrogen-bond donors (Lipinski definition) is 2. The van der Waals surface area contributed by atoms with Gasteiger partial charge < -0.3 is 14.6 Å². The van der Waals surface area contributed by atoms with Gasteiger partial charge >= 0.3 is 6.03 Å². The number of rotatable bonds is 4. The van der Waals surface area contributed by atoms with Crippen molar-refractivity contribution in [3.8, 4) is 11.3 Å². The number of hydrogen-bond acceptors (Lipinski definition) is 5. The summed E-state index contributed by atoms with van der Waals surface area (Å²) in [6.07, 6.45) is 1.41. The molecule has 11 heteroatoms. The summed E-state index contributed by atoms with van der Waals surface area (Å²) in [4.78, 5) is 40.4. The van der Waals surface area contributed by atoms with Gasteiger partial charge in [0, 0.05) is 19.2 Å². The van der Waals surface area contributed by atoms with E-state index in [4.69, 9.17) is 4.42 Å². The van der Waals surface area contributed by atoms with Crippen LogP contribution in [0.15, 0.2) is 75.8 Å². The summed E-state index contributed by atoms with van der Waals surface area (Å²) in [5, 5.41) is 16.0. The lowest BCUT2D eigenvalue weighted by atomic mass is 10.1. The summed E-state index contributed by atoms with van der Waals surface area (Å²) in [7, 11) is 1.50. The SMILES string of the molecule is CN1/C(=C\c2ccc(-c3ccccc3[N+](=O)[O-])o2)C(=O)N/C1=N\C(=O)Nc1ccccc1F. The van der Waals surface area contributed by atoms with Crippen molar-refractivity contribution in [1.29, 1.82) is 0 Å². The topological polar surface area (TPSA) is 130 Å². The number of nitrogens with one attached hydrogen (secondary N) is 2. The van der Waals surface area contributed by atoms with Gasteiger partial charge in [-0.05, 0) is 30.3 Å². The number of urea groups is 1. The Morgan fingerprint density at radius 3 is 2.67 bits per heavy atom. The van der Waals surface area contributed by atoms with E-state index < -0.39 is 22.7 Å².